The van der Waals surface area contributed by atoms with Crippen LogP contribution in [0, 0.1) is 18.2 Å². The molecule has 0 aliphatic heterocycles. The van der Waals surface area contributed by atoms with Crippen molar-refractivity contribution in [3.8, 4) is 12.3 Å². The third kappa shape index (κ3) is 3.40. The summed E-state index contributed by atoms with van der Waals surface area (Å²) in [6.07, 6.45) is 5.28. The van der Waals surface area contributed by atoms with E-state index in [-0.39, 0.29) is 24.6 Å². The van der Waals surface area contributed by atoms with Crippen LogP contribution >= 0.6 is 0 Å². The Morgan fingerprint density at radius 2 is 1.84 bits per heavy atom. The molecule has 5 nitrogen and oxygen atoms in total. The molecule has 0 atom stereocenters. The first-order valence-electron chi connectivity index (χ1n) is 7.56. The fraction of sp³-hybridized carbons (Fsp3) is 0.105. The molecule has 0 unspecified atom stereocenters. The Bertz CT molecular complexity index is 1030. The lowest BCUT2D eigenvalue weighted by Gasteiger charge is -2.10. The maximum atomic E-state index is 12.9. The summed E-state index contributed by atoms with van der Waals surface area (Å²) in [6.45, 7) is 0.157. The molecule has 1 amide bonds. The van der Waals surface area contributed by atoms with Gasteiger partial charge in [-0.05, 0) is 30.3 Å². The smallest absolute Gasteiger partial charge is 0.275 e. The summed E-state index contributed by atoms with van der Waals surface area (Å²) in [7, 11) is 0. The number of aromatic nitrogens is 2. The fourth-order valence-corrected chi connectivity index (χ4v) is 2.50. The molecule has 3 aromatic rings. The minimum absolute atomic E-state index is 0.0442. The van der Waals surface area contributed by atoms with E-state index >= 15 is 0 Å². The summed E-state index contributed by atoms with van der Waals surface area (Å²) in [4.78, 5) is 24.5. The molecule has 0 spiro atoms. The van der Waals surface area contributed by atoms with Crippen molar-refractivity contribution in [2.24, 2.45) is 0 Å². The maximum absolute atomic E-state index is 12.9. The van der Waals surface area contributed by atoms with Gasteiger partial charge in [-0.15, -0.1) is 6.42 Å². The molecule has 124 valence electrons. The number of hydrogen-bond acceptors (Lipinski definition) is 3. The van der Waals surface area contributed by atoms with E-state index < -0.39 is 5.82 Å². The van der Waals surface area contributed by atoms with Gasteiger partial charge in [0.2, 0.25) is 0 Å². The minimum atomic E-state index is -0.412. The summed E-state index contributed by atoms with van der Waals surface area (Å²) >= 11 is 0. The quantitative estimate of drug-likeness (QED) is 0.743. The Morgan fingerprint density at radius 3 is 2.52 bits per heavy atom. The molecule has 2 aromatic carbocycles. The predicted octanol–water partition coefficient (Wildman–Crippen LogP) is 2.10. The lowest BCUT2D eigenvalue weighted by Crippen LogP contribution is -2.28. The van der Waals surface area contributed by atoms with Crippen molar-refractivity contribution >= 4 is 16.7 Å². The van der Waals surface area contributed by atoms with Crippen molar-refractivity contribution < 1.29 is 9.18 Å². The van der Waals surface area contributed by atoms with Crippen molar-refractivity contribution in [1.82, 2.24) is 15.1 Å². The highest BCUT2D eigenvalue weighted by Gasteiger charge is 2.12. The number of benzene rings is 2. The van der Waals surface area contributed by atoms with Gasteiger partial charge in [0.1, 0.15) is 12.4 Å². The number of nitrogens with zero attached hydrogens (tertiary/aromatic N) is 2. The van der Waals surface area contributed by atoms with Gasteiger partial charge >= 0.3 is 0 Å². The predicted molar refractivity (Wildman–Crippen MR) is 92.4 cm³/mol. The number of amides is 1. The van der Waals surface area contributed by atoms with Gasteiger partial charge in [0, 0.05) is 10.9 Å². The number of halogens is 1. The van der Waals surface area contributed by atoms with Crippen LogP contribution < -0.4 is 10.9 Å². The first-order valence-corrected chi connectivity index (χ1v) is 7.56. The standard InChI is InChI=1S/C19H14FN3O2/c1-2-11-23-19(25)16-6-4-3-5-15(16)17(22-23)12-21-18(24)13-7-9-14(20)10-8-13/h1,3-10H,11-12H2,(H,21,24). The molecule has 0 aliphatic carbocycles. The first kappa shape index (κ1) is 16.4. The summed E-state index contributed by atoms with van der Waals surface area (Å²) in [6, 6.07) is 12.2. The fourth-order valence-electron chi connectivity index (χ4n) is 2.50. The third-order valence-electron chi connectivity index (χ3n) is 3.71. The lowest BCUT2D eigenvalue weighted by atomic mass is 10.1. The zero-order valence-electron chi connectivity index (χ0n) is 13.2. The second kappa shape index (κ2) is 6.97. The molecular weight excluding hydrogens is 321 g/mol. The van der Waals surface area contributed by atoms with Crippen LogP contribution in [0.5, 0.6) is 0 Å². The van der Waals surface area contributed by atoms with Crippen LogP contribution in [-0.4, -0.2) is 15.7 Å². The Hall–Kier alpha value is -3.46. The first-order chi connectivity index (χ1) is 12.1. The Labute approximate surface area is 143 Å². The topological polar surface area (TPSA) is 64.0 Å². The number of fused-ring (bicyclic) bond motifs is 1. The van der Waals surface area contributed by atoms with Gasteiger partial charge in [0.15, 0.2) is 0 Å². The van der Waals surface area contributed by atoms with Gasteiger partial charge in [-0.25, -0.2) is 9.07 Å². The second-order valence-electron chi connectivity index (χ2n) is 5.35. The summed E-state index contributed by atoms with van der Waals surface area (Å²) in [5.41, 5.74) is 0.589. The number of carbonyl (C=O) groups is 1. The van der Waals surface area contributed by atoms with Crippen LogP contribution in [0.1, 0.15) is 16.1 Å². The van der Waals surface area contributed by atoms with E-state index in [0.29, 0.717) is 22.0 Å². The highest BCUT2D eigenvalue weighted by Crippen LogP contribution is 2.13. The Kier molecular flexibility index (Phi) is 4.57. The van der Waals surface area contributed by atoms with E-state index in [1.54, 1.807) is 24.3 Å². The monoisotopic (exact) mass is 335 g/mol. The molecule has 1 heterocycles. The molecule has 1 aromatic heterocycles. The molecule has 25 heavy (non-hydrogen) atoms. The van der Waals surface area contributed by atoms with Gasteiger partial charge in [0.25, 0.3) is 11.5 Å². The van der Waals surface area contributed by atoms with E-state index in [0.717, 1.165) is 0 Å². The van der Waals surface area contributed by atoms with Crippen LogP contribution in [-0.2, 0) is 13.1 Å². The molecule has 0 bridgehead atoms. The highest BCUT2D eigenvalue weighted by molar-refractivity contribution is 5.94. The normalized spacial score (nSPS) is 10.4. The molecule has 3 rings (SSSR count). The molecule has 1 N–H and O–H groups in total. The third-order valence-corrected chi connectivity index (χ3v) is 3.71. The molecular formula is C19H14FN3O2. The molecule has 0 saturated carbocycles. The molecule has 0 radical (unpaired) electrons. The van der Waals surface area contributed by atoms with Crippen LogP contribution in [0.3, 0.4) is 0 Å². The number of rotatable bonds is 4. The van der Waals surface area contributed by atoms with Crippen molar-refractivity contribution in [2.75, 3.05) is 0 Å². The van der Waals surface area contributed by atoms with E-state index in [2.05, 4.69) is 16.3 Å². The summed E-state index contributed by atoms with van der Waals surface area (Å²) in [5, 5.41) is 8.12. The average Bonchev–Trinajstić information content (AvgIpc) is 2.63. The number of nitrogens with one attached hydrogen (secondary N) is 1. The molecule has 0 saturated heterocycles. The summed E-state index contributed by atoms with van der Waals surface area (Å²) in [5.74, 6) is 1.62. The van der Waals surface area contributed by atoms with Gasteiger partial charge in [-0.1, -0.05) is 24.1 Å². The minimum Gasteiger partial charge on any atom is -0.346 e. The van der Waals surface area contributed by atoms with Gasteiger partial charge in [-0.2, -0.15) is 5.10 Å². The number of hydrogen-bond donors (Lipinski definition) is 1. The van der Waals surface area contributed by atoms with Crippen molar-refractivity contribution in [2.45, 2.75) is 13.1 Å². The van der Waals surface area contributed by atoms with E-state index in [1.807, 2.05) is 0 Å². The lowest BCUT2D eigenvalue weighted by molar-refractivity contribution is 0.0950. The second-order valence-corrected chi connectivity index (χ2v) is 5.35. The Balaban J connectivity index is 1.92. The average molecular weight is 335 g/mol. The van der Waals surface area contributed by atoms with Crippen LogP contribution in [0.25, 0.3) is 10.8 Å². The van der Waals surface area contributed by atoms with Gasteiger partial charge < -0.3 is 5.32 Å². The largest absolute Gasteiger partial charge is 0.346 e. The van der Waals surface area contributed by atoms with E-state index in [9.17, 15) is 14.0 Å². The van der Waals surface area contributed by atoms with Crippen molar-refractivity contribution in [3.63, 3.8) is 0 Å². The SMILES string of the molecule is C#CCn1nc(CNC(=O)c2ccc(F)cc2)c2ccccc2c1=O. The van der Waals surface area contributed by atoms with E-state index in [1.165, 1.54) is 28.9 Å². The number of carbonyl (C=O) groups excluding carboxylic acids is 1. The molecule has 0 aliphatic rings. The van der Waals surface area contributed by atoms with Crippen molar-refractivity contribution in [1.29, 1.82) is 0 Å². The van der Waals surface area contributed by atoms with Crippen molar-refractivity contribution in [3.05, 3.63) is 76.0 Å². The number of terminal acetylenes is 1. The highest BCUT2D eigenvalue weighted by atomic mass is 19.1. The maximum Gasteiger partial charge on any atom is 0.275 e. The molecule has 6 heteroatoms. The Morgan fingerprint density at radius 1 is 1.16 bits per heavy atom. The molecule has 0 fully saturated rings. The van der Waals surface area contributed by atoms with Crippen LogP contribution in [0.4, 0.5) is 4.39 Å². The van der Waals surface area contributed by atoms with Gasteiger partial charge in [-0.3, -0.25) is 9.59 Å². The zero-order valence-corrected chi connectivity index (χ0v) is 13.2. The van der Waals surface area contributed by atoms with Crippen LogP contribution in [0.15, 0.2) is 53.3 Å². The summed E-state index contributed by atoms with van der Waals surface area (Å²) < 4.78 is 14.1. The van der Waals surface area contributed by atoms with Crippen LogP contribution in [0.2, 0.25) is 0 Å². The van der Waals surface area contributed by atoms with Gasteiger partial charge in [0.05, 0.1) is 17.6 Å². The van der Waals surface area contributed by atoms with E-state index in [4.69, 9.17) is 6.42 Å². The zero-order chi connectivity index (χ0) is 17.8.